The molecule has 0 bridgehead atoms. The molecule has 0 radical (unpaired) electrons. The maximum absolute atomic E-state index is 7.36. The van der Waals surface area contributed by atoms with E-state index in [2.05, 4.69) is 32.0 Å². The Bertz CT molecular complexity index is 470. The van der Waals surface area contributed by atoms with E-state index >= 15 is 0 Å². The maximum atomic E-state index is 7.36. The minimum atomic E-state index is 0. The summed E-state index contributed by atoms with van der Waals surface area (Å²) in [4.78, 5) is 0. The Hall–Kier alpha value is -0.119. The van der Waals surface area contributed by atoms with E-state index in [-0.39, 0.29) is 24.8 Å². The predicted octanol–water partition coefficient (Wildman–Crippen LogP) is -1.90. The van der Waals surface area contributed by atoms with Crippen molar-refractivity contribution < 1.29 is 44.0 Å². The Morgan fingerprint density at radius 1 is 1.05 bits per heavy atom. The van der Waals surface area contributed by atoms with Gasteiger partial charge in [-0.2, -0.15) is 17.2 Å². The van der Waals surface area contributed by atoms with E-state index in [1.807, 2.05) is 58.8 Å². The van der Waals surface area contributed by atoms with Crippen LogP contribution in [0, 0.1) is 27.7 Å². The van der Waals surface area contributed by atoms with Gasteiger partial charge < -0.3 is 30.5 Å². The molecule has 0 aliphatic rings. The van der Waals surface area contributed by atoms with Crippen LogP contribution in [0.15, 0.2) is 36.4 Å². The van der Waals surface area contributed by atoms with Crippen LogP contribution in [-0.4, -0.2) is 7.63 Å². The molecule has 0 atom stereocenters. The molecule has 0 unspecified atom stereocenters. The third-order valence-electron chi connectivity index (χ3n) is 2.71. The fourth-order valence-electron chi connectivity index (χ4n) is 1.34. The molecule has 2 aromatic carbocycles. The minimum absolute atomic E-state index is 0. The molecule has 0 heterocycles. The van der Waals surface area contributed by atoms with Gasteiger partial charge in [-0.25, -0.2) is 12.1 Å². The quantitative estimate of drug-likeness (QED) is 0.386. The summed E-state index contributed by atoms with van der Waals surface area (Å²) in [5.74, 6) is 0. The SMILES string of the molecule is Cc1ccc(C)c([NH-])c1.Cc1ccc[c-]1C.[Cl-].[Cl-].[SiH2]=[Ti+2]. The van der Waals surface area contributed by atoms with Crippen molar-refractivity contribution in [2.75, 3.05) is 0 Å². The standard InChI is InChI=1S/C8H10N.C7H9.2ClH.H2Si.Ti/c1-6-3-4-7(2)8(9)5-6;1-6-4-3-5-7(6)2;;;;/h3-5,9H,1-2H3;3-5H,1-2H3;2*1H;1H2;/q2*-1;;;;+2/p-2. The summed E-state index contributed by atoms with van der Waals surface area (Å²) in [6.45, 7) is 8.18. The summed E-state index contributed by atoms with van der Waals surface area (Å²) in [5.41, 5.74) is 13.0. The molecule has 0 amide bonds. The van der Waals surface area contributed by atoms with Crippen LogP contribution in [-0.2, 0) is 19.2 Å². The van der Waals surface area contributed by atoms with E-state index in [4.69, 9.17) is 5.73 Å². The average Bonchev–Trinajstić information content (AvgIpc) is 2.72. The van der Waals surface area contributed by atoms with Crippen molar-refractivity contribution in [3.8, 4) is 0 Å². The molecule has 2 aromatic rings. The molecular weight excluding hydrogens is 341 g/mol. The van der Waals surface area contributed by atoms with Crippen molar-refractivity contribution in [1.82, 2.24) is 0 Å². The first kappa shape index (κ1) is 24.9. The molecule has 0 aromatic heterocycles. The topological polar surface area (TPSA) is 23.8 Å². The molecule has 0 saturated carbocycles. The molecule has 1 nitrogen and oxygen atoms in total. The van der Waals surface area contributed by atoms with E-state index < -0.39 is 0 Å². The number of hydrogen-bond donors (Lipinski definition) is 0. The molecule has 0 aliphatic heterocycles. The van der Waals surface area contributed by atoms with E-state index in [9.17, 15) is 0 Å². The fourth-order valence-corrected chi connectivity index (χ4v) is 1.34. The van der Waals surface area contributed by atoms with Crippen LogP contribution in [0.4, 0.5) is 5.69 Å². The zero-order valence-corrected chi connectivity index (χ0v) is 16.9. The number of benzene rings is 1. The van der Waals surface area contributed by atoms with Crippen LogP contribution < -0.4 is 24.8 Å². The van der Waals surface area contributed by atoms with Gasteiger partial charge in [0.2, 0.25) is 0 Å². The molecule has 20 heavy (non-hydrogen) atoms. The van der Waals surface area contributed by atoms with Gasteiger partial charge in [-0.1, -0.05) is 43.2 Å². The summed E-state index contributed by atoms with van der Waals surface area (Å²) < 4.78 is 0. The average molecular weight is 362 g/mol. The second kappa shape index (κ2) is 13.8. The molecule has 0 aliphatic carbocycles. The number of rotatable bonds is 0. The third kappa shape index (κ3) is 9.73. The van der Waals surface area contributed by atoms with Crippen LogP contribution in [0.5, 0.6) is 0 Å². The van der Waals surface area contributed by atoms with Gasteiger partial charge in [0.1, 0.15) is 0 Å². The van der Waals surface area contributed by atoms with E-state index in [1.165, 1.54) is 11.1 Å². The van der Waals surface area contributed by atoms with Crippen molar-refractivity contribution in [3.63, 3.8) is 0 Å². The first-order valence-electron chi connectivity index (χ1n) is 5.84. The number of nitrogens with one attached hydrogen (secondary N) is 1. The van der Waals surface area contributed by atoms with Gasteiger partial charge in [-0.15, -0.1) is 5.69 Å². The molecule has 1 N–H and O–H groups in total. The zero-order valence-electron chi connectivity index (χ0n) is 12.4. The van der Waals surface area contributed by atoms with Gasteiger partial charge in [-0.3, -0.25) is 0 Å². The van der Waals surface area contributed by atoms with Crippen molar-refractivity contribution in [2.45, 2.75) is 27.7 Å². The van der Waals surface area contributed by atoms with E-state index in [1.54, 1.807) is 0 Å². The van der Waals surface area contributed by atoms with Crippen molar-refractivity contribution >= 4 is 13.3 Å². The van der Waals surface area contributed by atoms with Crippen LogP contribution in [0.25, 0.3) is 5.73 Å². The van der Waals surface area contributed by atoms with E-state index in [0.717, 1.165) is 11.1 Å². The Kier molecular flexibility index (Phi) is 17.2. The molecular formula is C15H21Cl2NSiTi-2. The van der Waals surface area contributed by atoms with Crippen molar-refractivity contribution in [3.05, 3.63) is 64.4 Å². The van der Waals surface area contributed by atoms with Crippen LogP contribution in [0.3, 0.4) is 0 Å². The summed E-state index contributed by atoms with van der Waals surface area (Å²) in [6, 6.07) is 12.2. The molecule has 110 valence electrons. The van der Waals surface area contributed by atoms with Gasteiger partial charge in [0.05, 0.1) is 0 Å². The van der Waals surface area contributed by atoms with Crippen LogP contribution in [0.1, 0.15) is 22.3 Å². The number of halogens is 2. The molecule has 2 rings (SSSR count). The second-order valence-corrected chi connectivity index (χ2v) is 4.21. The number of hydrogen-bond acceptors (Lipinski definition) is 0. The van der Waals surface area contributed by atoms with Crippen LogP contribution >= 0.6 is 0 Å². The normalized spacial score (nSPS) is 7.90. The fraction of sp³-hybridized carbons (Fsp3) is 0.267. The van der Waals surface area contributed by atoms with Gasteiger partial charge in [-0.05, 0) is 13.8 Å². The van der Waals surface area contributed by atoms with E-state index in [0.29, 0.717) is 5.69 Å². The number of aryl methyl sites for hydroxylation is 4. The summed E-state index contributed by atoms with van der Waals surface area (Å²) in [6.07, 6.45) is 0. The van der Waals surface area contributed by atoms with Gasteiger partial charge in [0.25, 0.3) is 0 Å². The van der Waals surface area contributed by atoms with Crippen molar-refractivity contribution in [2.24, 2.45) is 0 Å². The predicted molar refractivity (Wildman–Crippen MR) is 80.0 cm³/mol. The summed E-state index contributed by atoms with van der Waals surface area (Å²) in [7, 11) is 1.86. The van der Waals surface area contributed by atoms with Gasteiger partial charge in [0.15, 0.2) is 0 Å². The zero-order chi connectivity index (χ0) is 14.1. The first-order valence-corrected chi connectivity index (χ1v) is 9.86. The Labute approximate surface area is 148 Å². The molecule has 0 fully saturated rings. The molecule has 0 saturated heterocycles. The van der Waals surface area contributed by atoms with Crippen LogP contribution in [0.2, 0.25) is 0 Å². The van der Waals surface area contributed by atoms with Gasteiger partial charge >= 0.3 is 26.8 Å². The monoisotopic (exact) mass is 361 g/mol. The Morgan fingerprint density at radius 3 is 1.85 bits per heavy atom. The van der Waals surface area contributed by atoms with Crippen molar-refractivity contribution in [1.29, 1.82) is 0 Å². The second-order valence-electron chi connectivity index (χ2n) is 4.21. The Morgan fingerprint density at radius 2 is 1.60 bits per heavy atom. The summed E-state index contributed by atoms with van der Waals surface area (Å²) >= 11 is 2.03. The first-order chi connectivity index (χ1) is 8.50. The Balaban J connectivity index is -0.000000240. The van der Waals surface area contributed by atoms with Gasteiger partial charge in [0, 0.05) is 0 Å². The summed E-state index contributed by atoms with van der Waals surface area (Å²) in [5, 5.41) is 0. The molecule has 5 heteroatoms. The third-order valence-corrected chi connectivity index (χ3v) is 2.71. The molecule has 0 spiro atoms.